The fraction of sp³-hybridized carbons (Fsp3) is 0.188. The fourth-order valence-electron chi connectivity index (χ4n) is 1.95. The van der Waals surface area contributed by atoms with Crippen LogP contribution < -0.4 is 4.74 Å². The van der Waals surface area contributed by atoms with Gasteiger partial charge in [0.2, 0.25) is 0 Å². The van der Waals surface area contributed by atoms with Crippen LogP contribution in [-0.2, 0) is 9.47 Å². The molecule has 109 valence electrons. The molecule has 21 heavy (non-hydrogen) atoms. The van der Waals surface area contributed by atoms with Crippen LogP contribution in [0.2, 0.25) is 10.0 Å². The van der Waals surface area contributed by atoms with Crippen LogP contribution in [0, 0.1) is 6.29 Å². The van der Waals surface area contributed by atoms with Gasteiger partial charge in [-0.1, -0.05) is 23.2 Å². The predicted octanol–water partition coefficient (Wildman–Crippen LogP) is 5.06. The van der Waals surface area contributed by atoms with E-state index in [0.29, 0.717) is 34.4 Å². The smallest absolute Gasteiger partial charge is 0.258 e. The normalized spacial score (nSPS) is 18.9. The Balaban J connectivity index is 1.76. The number of hydrogen-bond acceptors (Lipinski definition) is 3. The van der Waals surface area contributed by atoms with Gasteiger partial charge < -0.3 is 14.2 Å². The highest BCUT2D eigenvalue weighted by molar-refractivity contribution is 6.31. The lowest BCUT2D eigenvalue weighted by molar-refractivity contribution is 0.0808. The number of hydrogen-bond donors (Lipinski definition) is 0. The van der Waals surface area contributed by atoms with Gasteiger partial charge in [-0.25, -0.2) is 0 Å². The molecule has 1 saturated heterocycles. The first-order valence-corrected chi connectivity index (χ1v) is 7.27. The first-order chi connectivity index (χ1) is 10.1. The van der Waals surface area contributed by atoms with Crippen molar-refractivity contribution in [2.45, 2.75) is 13.0 Å². The van der Waals surface area contributed by atoms with Crippen molar-refractivity contribution in [2.75, 3.05) is 6.61 Å². The first kappa shape index (κ1) is 14.7. The van der Waals surface area contributed by atoms with E-state index in [4.69, 9.17) is 37.4 Å². The van der Waals surface area contributed by atoms with Gasteiger partial charge in [-0.15, -0.1) is 0 Å². The second-order valence-electron chi connectivity index (χ2n) is 4.72. The lowest BCUT2D eigenvalue weighted by Crippen LogP contribution is -2.03. The molecule has 2 aromatic carbocycles. The highest BCUT2D eigenvalue weighted by Gasteiger charge is 2.28. The fourth-order valence-corrected chi connectivity index (χ4v) is 2.32. The van der Waals surface area contributed by atoms with Gasteiger partial charge in [-0.3, -0.25) is 0 Å². The lowest BCUT2D eigenvalue weighted by atomic mass is 10.2. The Labute approximate surface area is 133 Å². The summed E-state index contributed by atoms with van der Waals surface area (Å²) in [5.74, 6) is 1.33. The molecule has 0 bridgehead atoms. The Morgan fingerprint density at radius 1 is 1.05 bits per heavy atom. The van der Waals surface area contributed by atoms with E-state index in [2.05, 4.69) is 0 Å². The van der Waals surface area contributed by atoms with Gasteiger partial charge in [0.25, 0.3) is 6.29 Å². The van der Waals surface area contributed by atoms with E-state index in [1.807, 2.05) is 19.1 Å². The van der Waals surface area contributed by atoms with E-state index >= 15 is 0 Å². The maximum absolute atomic E-state index is 6.27. The quantitative estimate of drug-likeness (QED) is 0.790. The Hall–Kier alpha value is -1.26. The van der Waals surface area contributed by atoms with E-state index in [-0.39, 0.29) is 6.10 Å². The molecule has 3 rings (SSSR count). The van der Waals surface area contributed by atoms with E-state index < -0.39 is 0 Å². The first-order valence-electron chi connectivity index (χ1n) is 6.51. The zero-order valence-electron chi connectivity index (χ0n) is 11.3. The standard InChI is InChI=1S/C16H13Cl2O3/c1-10-9-19-16(20-10)14-7-6-13(8-15(14)18)21-12-4-2-11(17)3-5-12/h2-8,10H,9H2,1H3/t10-/m0/s1. The van der Waals surface area contributed by atoms with Crippen LogP contribution in [0.15, 0.2) is 42.5 Å². The molecule has 0 aromatic heterocycles. The van der Waals surface area contributed by atoms with Crippen molar-refractivity contribution in [3.8, 4) is 11.5 Å². The molecular formula is C16H13Cl2O3. The molecule has 1 heterocycles. The highest BCUT2D eigenvalue weighted by atomic mass is 35.5. The molecule has 5 heteroatoms. The zero-order chi connectivity index (χ0) is 14.8. The second kappa shape index (κ2) is 6.24. The van der Waals surface area contributed by atoms with E-state index in [1.165, 1.54) is 0 Å². The van der Waals surface area contributed by atoms with Gasteiger partial charge in [0, 0.05) is 10.6 Å². The van der Waals surface area contributed by atoms with Crippen molar-refractivity contribution in [2.24, 2.45) is 0 Å². The molecule has 0 amide bonds. The summed E-state index contributed by atoms with van der Waals surface area (Å²) >= 11 is 12.1. The SMILES string of the molecule is C[C@H]1CO[C](c2ccc(Oc3ccc(Cl)cc3)cc2Cl)O1. The van der Waals surface area contributed by atoms with Crippen LogP contribution in [0.5, 0.6) is 11.5 Å². The molecule has 0 saturated carbocycles. The number of rotatable bonds is 3. The molecule has 0 unspecified atom stereocenters. The van der Waals surface area contributed by atoms with Crippen molar-refractivity contribution in [1.82, 2.24) is 0 Å². The molecule has 3 nitrogen and oxygen atoms in total. The maximum atomic E-state index is 6.27. The molecule has 1 atom stereocenters. The number of benzene rings is 2. The molecule has 0 N–H and O–H groups in total. The Bertz CT molecular complexity index is 628. The van der Waals surface area contributed by atoms with Gasteiger partial charge in [-0.05, 0) is 49.4 Å². The van der Waals surface area contributed by atoms with Gasteiger partial charge in [-0.2, -0.15) is 0 Å². The highest BCUT2D eigenvalue weighted by Crippen LogP contribution is 2.34. The minimum atomic E-state index is 0.0426. The summed E-state index contributed by atoms with van der Waals surface area (Å²) in [6.07, 6.45) is 0.506. The van der Waals surface area contributed by atoms with Crippen LogP contribution in [0.4, 0.5) is 0 Å². The van der Waals surface area contributed by atoms with E-state index in [1.54, 1.807) is 30.3 Å². The summed E-state index contributed by atoms with van der Waals surface area (Å²) in [5, 5.41) is 1.18. The maximum Gasteiger partial charge on any atom is 0.258 e. The van der Waals surface area contributed by atoms with E-state index in [9.17, 15) is 0 Å². The summed E-state index contributed by atoms with van der Waals surface area (Å²) in [5.41, 5.74) is 0.726. The third-order valence-electron chi connectivity index (χ3n) is 2.97. The topological polar surface area (TPSA) is 27.7 Å². The van der Waals surface area contributed by atoms with Crippen molar-refractivity contribution < 1.29 is 14.2 Å². The molecule has 1 radical (unpaired) electrons. The Morgan fingerprint density at radius 2 is 1.76 bits per heavy atom. The number of ether oxygens (including phenoxy) is 3. The Morgan fingerprint density at radius 3 is 2.38 bits per heavy atom. The minimum Gasteiger partial charge on any atom is -0.457 e. The Kier molecular flexibility index (Phi) is 4.36. The van der Waals surface area contributed by atoms with Crippen molar-refractivity contribution in [3.63, 3.8) is 0 Å². The van der Waals surface area contributed by atoms with Crippen LogP contribution >= 0.6 is 23.2 Å². The van der Waals surface area contributed by atoms with Crippen LogP contribution in [-0.4, -0.2) is 12.7 Å². The molecule has 0 spiro atoms. The second-order valence-corrected chi connectivity index (χ2v) is 5.57. The van der Waals surface area contributed by atoms with Gasteiger partial charge in [0.05, 0.1) is 17.7 Å². The molecule has 1 fully saturated rings. The molecule has 0 aliphatic carbocycles. The largest absolute Gasteiger partial charge is 0.457 e. The molecule has 2 aromatic rings. The summed E-state index contributed by atoms with van der Waals surface area (Å²) < 4.78 is 16.7. The molecule has 1 aliphatic heterocycles. The minimum absolute atomic E-state index is 0.0426. The average molecular weight is 324 g/mol. The monoisotopic (exact) mass is 323 g/mol. The summed E-state index contributed by atoms with van der Waals surface area (Å²) in [6, 6.07) is 12.5. The average Bonchev–Trinajstić information content (AvgIpc) is 2.88. The van der Waals surface area contributed by atoms with Gasteiger partial charge in [0.1, 0.15) is 11.5 Å². The summed E-state index contributed by atoms with van der Waals surface area (Å²) in [4.78, 5) is 0. The van der Waals surface area contributed by atoms with Crippen LogP contribution in [0.1, 0.15) is 12.5 Å². The van der Waals surface area contributed by atoms with Gasteiger partial charge >= 0.3 is 0 Å². The van der Waals surface area contributed by atoms with Crippen molar-refractivity contribution >= 4 is 23.2 Å². The predicted molar refractivity (Wildman–Crippen MR) is 81.8 cm³/mol. The summed E-state index contributed by atoms with van der Waals surface area (Å²) in [6.45, 7) is 2.48. The van der Waals surface area contributed by atoms with Crippen molar-refractivity contribution in [1.29, 1.82) is 0 Å². The lowest BCUT2D eigenvalue weighted by Gasteiger charge is -2.12. The third kappa shape index (κ3) is 3.50. The van der Waals surface area contributed by atoms with E-state index in [0.717, 1.165) is 5.56 Å². The van der Waals surface area contributed by atoms with Crippen LogP contribution in [0.3, 0.4) is 0 Å². The van der Waals surface area contributed by atoms with Crippen LogP contribution in [0.25, 0.3) is 0 Å². The summed E-state index contributed by atoms with van der Waals surface area (Å²) in [7, 11) is 0. The molecule has 1 aliphatic rings. The zero-order valence-corrected chi connectivity index (χ0v) is 12.8. The number of halogens is 2. The van der Waals surface area contributed by atoms with Crippen molar-refractivity contribution in [3.05, 3.63) is 64.4 Å². The third-order valence-corrected chi connectivity index (χ3v) is 3.53. The van der Waals surface area contributed by atoms with Gasteiger partial charge in [0.15, 0.2) is 0 Å². The molecular weight excluding hydrogens is 311 g/mol.